The van der Waals surface area contributed by atoms with E-state index in [1.165, 1.54) is 0 Å². The van der Waals surface area contributed by atoms with Crippen LogP contribution in [-0.2, 0) is 9.47 Å². The number of hydrogen-bond acceptors (Lipinski definition) is 7. The molecule has 0 saturated carbocycles. The summed E-state index contributed by atoms with van der Waals surface area (Å²) in [6, 6.07) is 12.9. The molecule has 10 heteroatoms. The Bertz CT molecular complexity index is 1030. The van der Waals surface area contributed by atoms with Gasteiger partial charge in [-0.05, 0) is 42.5 Å². The van der Waals surface area contributed by atoms with E-state index in [-0.39, 0.29) is 11.9 Å². The van der Waals surface area contributed by atoms with Crippen molar-refractivity contribution in [3.05, 3.63) is 47.5 Å². The van der Waals surface area contributed by atoms with E-state index in [1.54, 1.807) is 12.1 Å². The molecule has 1 heterocycles. The zero-order valence-electron chi connectivity index (χ0n) is 17.0. The predicted octanol–water partition coefficient (Wildman–Crippen LogP) is 2.23. The lowest BCUT2D eigenvalue weighted by atomic mass is 10.1. The largest absolute Gasteiger partial charge is 0.491 e. The van der Waals surface area contributed by atoms with Crippen molar-refractivity contribution in [2.45, 2.75) is 0 Å². The quantitative estimate of drug-likeness (QED) is 0.232. The molecule has 9 nitrogen and oxygen atoms in total. The number of rotatable bonds is 11. The molecule has 1 aromatic heterocycles. The number of ether oxygens (including phenoxy) is 3. The molecule has 31 heavy (non-hydrogen) atoms. The monoisotopic (exact) mass is 444 g/mol. The summed E-state index contributed by atoms with van der Waals surface area (Å²) < 4.78 is 16.4. The minimum absolute atomic E-state index is 0.115. The third kappa shape index (κ3) is 6.76. The Balaban J connectivity index is 1.69. The zero-order valence-corrected chi connectivity index (χ0v) is 17.7. The van der Waals surface area contributed by atoms with Gasteiger partial charge in [0.05, 0.1) is 37.6 Å². The van der Waals surface area contributed by atoms with Gasteiger partial charge in [0.2, 0.25) is 0 Å². The molecule has 3 rings (SSSR count). The minimum Gasteiger partial charge on any atom is -0.491 e. The molecule has 0 aliphatic carbocycles. The average molecular weight is 445 g/mol. The van der Waals surface area contributed by atoms with Crippen molar-refractivity contribution in [2.75, 3.05) is 39.6 Å². The molecule has 2 aromatic carbocycles. The summed E-state index contributed by atoms with van der Waals surface area (Å²) in [5.41, 5.74) is 18.5. The number of nitrogens with zero attached hydrogens (tertiary/aromatic N) is 3. The number of aromatic nitrogens is 2. The summed E-state index contributed by atoms with van der Waals surface area (Å²) in [7, 11) is 0. The Labute approximate surface area is 185 Å². The van der Waals surface area contributed by atoms with Gasteiger partial charge in [0.25, 0.3) is 5.95 Å². The summed E-state index contributed by atoms with van der Waals surface area (Å²) in [6.07, 6.45) is 0. The second-order valence-electron chi connectivity index (χ2n) is 6.46. The molecule has 0 fully saturated rings. The van der Waals surface area contributed by atoms with Crippen molar-refractivity contribution in [2.24, 2.45) is 22.2 Å². The van der Waals surface area contributed by atoms with Crippen LogP contribution >= 0.6 is 11.6 Å². The van der Waals surface area contributed by atoms with Gasteiger partial charge in [0.15, 0.2) is 5.96 Å². The normalized spacial score (nSPS) is 10.9. The van der Waals surface area contributed by atoms with Crippen molar-refractivity contribution in [3.8, 4) is 17.0 Å². The molecule has 0 saturated heterocycles. The predicted molar refractivity (Wildman–Crippen MR) is 122 cm³/mol. The van der Waals surface area contributed by atoms with Crippen LogP contribution in [0.15, 0.2) is 47.5 Å². The maximum atomic E-state index is 6.18. The molecule has 0 unspecified atom stereocenters. The number of nitrogens with two attached hydrogens (primary N) is 3. The van der Waals surface area contributed by atoms with E-state index in [2.05, 4.69) is 15.0 Å². The Morgan fingerprint density at radius 1 is 0.903 bits per heavy atom. The molecular weight excluding hydrogens is 420 g/mol. The van der Waals surface area contributed by atoms with Gasteiger partial charge in [-0.3, -0.25) is 0 Å². The highest BCUT2D eigenvalue weighted by Gasteiger charge is 2.11. The zero-order chi connectivity index (χ0) is 22.1. The maximum Gasteiger partial charge on any atom is 0.253 e. The van der Waals surface area contributed by atoms with Crippen molar-refractivity contribution in [3.63, 3.8) is 0 Å². The van der Waals surface area contributed by atoms with Crippen LogP contribution in [-0.4, -0.2) is 55.5 Å². The van der Waals surface area contributed by atoms with Crippen LogP contribution in [0, 0.1) is 0 Å². The number of hydrogen-bond donors (Lipinski definition) is 3. The fraction of sp³-hybridized carbons (Fsp3) is 0.286. The molecule has 0 radical (unpaired) electrons. The lowest BCUT2D eigenvalue weighted by Gasteiger charge is -2.10. The molecule has 0 aliphatic heterocycles. The van der Waals surface area contributed by atoms with E-state index in [1.807, 2.05) is 30.3 Å². The van der Waals surface area contributed by atoms with Crippen LogP contribution in [0.2, 0.25) is 5.02 Å². The van der Waals surface area contributed by atoms with Gasteiger partial charge in [-0.2, -0.15) is 4.99 Å². The van der Waals surface area contributed by atoms with Crippen molar-refractivity contribution >= 4 is 34.4 Å². The SMILES string of the molecule is NCCOCCOCCOc1ccc(-c2nc(N=C(N)N)nc3ccc(Cl)cc23)cc1. The van der Waals surface area contributed by atoms with Gasteiger partial charge in [-0.25, -0.2) is 9.97 Å². The standard InChI is InChI=1S/C21H25ClN6O3/c22-15-3-6-18-17(13-15)19(27-21(26-18)28-20(24)25)14-1-4-16(5-2-14)31-12-11-30-10-9-29-8-7-23/h1-6,13H,7-12,23H2,(H4,24,25,26,27,28). The van der Waals surface area contributed by atoms with Crippen molar-refractivity contribution < 1.29 is 14.2 Å². The second kappa shape index (κ2) is 11.4. The Morgan fingerprint density at radius 3 is 2.32 bits per heavy atom. The van der Waals surface area contributed by atoms with Gasteiger partial charge in [0.1, 0.15) is 12.4 Å². The van der Waals surface area contributed by atoms with Crippen LogP contribution in [0.1, 0.15) is 0 Å². The maximum absolute atomic E-state index is 6.18. The first-order valence-corrected chi connectivity index (χ1v) is 10.1. The number of halogens is 1. The molecular formula is C21H25ClN6O3. The van der Waals surface area contributed by atoms with Gasteiger partial charge >= 0.3 is 0 Å². The van der Waals surface area contributed by atoms with Gasteiger partial charge in [0, 0.05) is 22.5 Å². The number of aliphatic imine (C=N–C) groups is 1. The van der Waals surface area contributed by atoms with E-state index in [0.29, 0.717) is 61.6 Å². The molecule has 3 aromatic rings. The fourth-order valence-electron chi connectivity index (χ4n) is 2.81. The van der Waals surface area contributed by atoms with Crippen LogP contribution in [0.25, 0.3) is 22.2 Å². The first-order valence-electron chi connectivity index (χ1n) is 9.72. The van der Waals surface area contributed by atoms with Gasteiger partial charge in [-0.15, -0.1) is 0 Å². The van der Waals surface area contributed by atoms with Crippen LogP contribution in [0.5, 0.6) is 5.75 Å². The summed E-state index contributed by atoms with van der Waals surface area (Å²) in [6.45, 7) is 2.95. The van der Waals surface area contributed by atoms with E-state index in [9.17, 15) is 0 Å². The molecule has 0 atom stereocenters. The van der Waals surface area contributed by atoms with Crippen molar-refractivity contribution in [1.82, 2.24) is 9.97 Å². The summed E-state index contributed by atoms with van der Waals surface area (Å²) in [5, 5.41) is 1.38. The Morgan fingerprint density at radius 2 is 1.61 bits per heavy atom. The molecule has 0 spiro atoms. The first-order chi connectivity index (χ1) is 15.1. The van der Waals surface area contributed by atoms with E-state index >= 15 is 0 Å². The van der Waals surface area contributed by atoms with Crippen LogP contribution in [0.3, 0.4) is 0 Å². The lowest BCUT2D eigenvalue weighted by Crippen LogP contribution is -2.22. The second-order valence-corrected chi connectivity index (χ2v) is 6.89. The highest BCUT2D eigenvalue weighted by atomic mass is 35.5. The highest BCUT2D eigenvalue weighted by molar-refractivity contribution is 6.31. The third-order valence-electron chi connectivity index (χ3n) is 4.13. The topological polar surface area (TPSA) is 144 Å². The van der Waals surface area contributed by atoms with E-state index in [4.69, 9.17) is 43.0 Å². The summed E-state index contributed by atoms with van der Waals surface area (Å²) in [5.74, 6) is 0.779. The average Bonchev–Trinajstić information content (AvgIpc) is 2.75. The molecule has 0 amide bonds. The lowest BCUT2D eigenvalue weighted by molar-refractivity contribution is 0.0388. The summed E-state index contributed by atoms with van der Waals surface area (Å²) in [4.78, 5) is 12.9. The van der Waals surface area contributed by atoms with Crippen LogP contribution < -0.4 is 21.9 Å². The van der Waals surface area contributed by atoms with Gasteiger partial charge in [-0.1, -0.05) is 11.6 Å². The van der Waals surface area contributed by atoms with Gasteiger partial charge < -0.3 is 31.4 Å². The fourth-order valence-corrected chi connectivity index (χ4v) is 2.98. The molecule has 0 bridgehead atoms. The van der Waals surface area contributed by atoms with Crippen LogP contribution in [0.4, 0.5) is 5.95 Å². The number of fused-ring (bicyclic) bond motifs is 1. The first kappa shape index (κ1) is 22.7. The molecule has 164 valence electrons. The third-order valence-corrected chi connectivity index (χ3v) is 4.37. The minimum atomic E-state index is -0.115. The van der Waals surface area contributed by atoms with E-state index in [0.717, 1.165) is 10.9 Å². The van der Waals surface area contributed by atoms with E-state index < -0.39 is 0 Å². The van der Waals surface area contributed by atoms with Crippen molar-refractivity contribution in [1.29, 1.82) is 0 Å². The molecule has 6 N–H and O–H groups in total. The number of guanidine groups is 1. The smallest absolute Gasteiger partial charge is 0.253 e. The Hall–Kier alpha value is -2.98. The summed E-state index contributed by atoms with van der Waals surface area (Å²) >= 11 is 6.18. The Kier molecular flexibility index (Phi) is 8.36. The highest BCUT2D eigenvalue weighted by Crippen LogP contribution is 2.31. The molecule has 0 aliphatic rings. The number of benzene rings is 2.